The summed E-state index contributed by atoms with van der Waals surface area (Å²) in [7, 11) is 1.50. The summed E-state index contributed by atoms with van der Waals surface area (Å²) in [6, 6.07) is 19.6. The van der Waals surface area contributed by atoms with Gasteiger partial charge in [0.1, 0.15) is 6.04 Å². The fraction of sp³-hybridized carbons (Fsp3) is 0.355. The van der Waals surface area contributed by atoms with Crippen LogP contribution in [0.5, 0.6) is 0 Å². The number of amides is 1. The fourth-order valence-electron chi connectivity index (χ4n) is 4.99. The SMILES string of the molecule is CN(CCc1cc(C(F)(F)F)cc(C(F)(F)F)c1)C(=O)C(c1ccccc1)N1CCN(C(N)=NCc2ccccc2)CC1. The van der Waals surface area contributed by atoms with Crippen LogP contribution in [0.2, 0.25) is 0 Å². The maximum Gasteiger partial charge on any atom is 0.416 e. The van der Waals surface area contributed by atoms with Gasteiger partial charge in [0.25, 0.3) is 0 Å². The zero-order valence-corrected chi connectivity index (χ0v) is 23.6. The standard InChI is InChI=1S/C31H33F6N5O/c1-40(13-12-23-18-25(30(32,33)34)20-26(19-23)31(35,36)37)28(43)27(24-10-6-3-7-11-24)41-14-16-42(17-15-41)29(38)39-21-22-8-4-2-5-9-22/h2-11,18-20,27H,12-17,21H2,1H3,(H2,38,39). The Morgan fingerprint density at radius 3 is 1.91 bits per heavy atom. The van der Waals surface area contributed by atoms with E-state index in [0.29, 0.717) is 50.8 Å². The number of aliphatic imine (C=N–C) groups is 1. The average Bonchev–Trinajstić information content (AvgIpc) is 2.99. The van der Waals surface area contributed by atoms with Gasteiger partial charge in [-0.2, -0.15) is 26.3 Å². The van der Waals surface area contributed by atoms with Crippen molar-refractivity contribution < 1.29 is 31.1 Å². The molecule has 4 rings (SSSR count). The lowest BCUT2D eigenvalue weighted by molar-refractivity contribution is -0.143. The molecule has 3 aromatic rings. The summed E-state index contributed by atoms with van der Waals surface area (Å²) in [5.74, 6) is 0.0934. The van der Waals surface area contributed by atoms with Crippen LogP contribution >= 0.6 is 0 Å². The van der Waals surface area contributed by atoms with Crippen LogP contribution in [0.1, 0.15) is 33.9 Å². The Hall–Kier alpha value is -4.06. The second-order valence-electron chi connectivity index (χ2n) is 10.4. The van der Waals surface area contributed by atoms with Gasteiger partial charge in [0.15, 0.2) is 5.96 Å². The quantitative estimate of drug-likeness (QED) is 0.206. The number of nitrogens with two attached hydrogens (primary N) is 1. The topological polar surface area (TPSA) is 65.2 Å². The Labute approximate surface area is 246 Å². The molecule has 3 aromatic carbocycles. The normalized spacial score (nSPS) is 15.8. The highest BCUT2D eigenvalue weighted by Gasteiger charge is 2.37. The molecule has 6 nitrogen and oxygen atoms in total. The van der Waals surface area contributed by atoms with Crippen molar-refractivity contribution >= 4 is 11.9 Å². The molecule has 1 fully saturated rings. The van der Waals surface area contributed by atoms with Gasteiger partial charge in [-0.1, -0.05) is 60.7 Å². The van der Waals surface area contributed by atoms with Crippen LogP contribution in [0.4, 0.5) is 26.3 Å². The van der Waals surface area contributed by atoms with Crippen LogP contribution in [0.25, 0.3) is 0 Å². The summed E-state index contributed by atoms with van der Waals surface area (Å²) in [6.45, 7) is 2.40. The van der Waals surface area contributed by atoms with Gasteiger partial charge in [0.05, 0.1) is 17.7 Å². The number of rotatable bonds is 8. The number of benzene rings is 3. The van der Waals surface area contributed by atoms with Crippen LogP contribution < -0.4 is 5.73 Å². The van der Waals surface area contributed by atoms with E-state index in [0.717, 1.165) is 11.1 Å². The third-order valence-corrected chi connectivity index (χ3v) is 7.38. The van der Waals surface area contributed by atoms with E-state index in [1.807, 2.05) is 58.3 Å². The van der Waals surface area contributed by atoms with E-state index >= 15 is 0 Å². The van der Waals surface area contributed by atoms with Crippen molar-refractivity contribution in [3.05, 3.63) is 107 Å². The molecule has 1 heterocycles. The number of alkyl halides is 6. The van der Waals surface area contributed by atoms with Crippen molar-refractivity contribution in [3.63, 3.8) is 0 Å². The van der Waals surface area contributed by atoms with Crippen LogP contribution in [0.3, 0.4) is 0 Å². The second-order valence-corrected chi connectivity index (χ2v) is 10.4. The van der Waals surface area contributed by atoms with Crippen molar-refractivity contribution in [3.8, 4) is 0 Å². The van der Waals surface area contributed by atoms with E-state index in [-0.39, 0.29) is 30.5 Å². The summed E-state index contributed by atoms with van der Waals surface area (Å²) in [4.78, 5) is 23.5. The first kappa shape index (κ1) is 31.9. The molecule has 1 aliphatic rings. The van der Waals surface area contributed by atoms with Gasteiger partial charge in [-0.25, -0.2) is 4.99 Å². The number of hydrogen-bond acceptors (Lipinski definition) is 3. The van der Waals surface area contributed by atoms with E-state index in [2.05, 4.69) is 4.99 Å². The minimum Gasteiger partial charge on any atom is -0.370 e. The number of guanidine groups is 1. The van der Waals surface area contributed by atoms with Crippen molar-refractivity contribution in [1.29, 1.82) is 0 Å². The third-order valence-electron chi connectivity index (χ3n) is 7.38. The molecule has 1 saturated heterocycles. The van der Waals surface area contributed by atoms with Crippen molar-refractivity contribution in [2.75, 3.05) is 39.8 Å². The summed E-state index contributed by atoms with van der Waals surface area (Å²) >= 11 is 0. The van der Waals surface area contributed by atoms with Crippen LogP contribution in [0.15, 0.2) is 83.9 Å². The van der Waals surface area contributed by atoms with Gasteiger partial charge in [-0.15, -0.1) is 0 Å². The molecule has 0 radical (unpaired) electrons. The van der Waals surface area contributed by atoms with Gasteiger partial charge >= 0.3 is 12.4 Å². The molecule has 0 bridgehead atoms. The van der Waals surface area contributed by atoms with Gasteiger partial charge in [-0.05, 0) is 41.3 Å². The molecule has 2 N–H and O–H groups in total. The number of carbonyl (C=O) groups is 1. The van der Waals surface area contributed by atoms with Gasteiger partial charge in [-0.3, -0.25) is 9.69 Å². The first-order valence-corrected chi connectivity index (χ1v) is 13.7. The van der Waals surface area contributed by atoms with E-state index in [4.69, 9.17) is 5.73 Å². The number of halogens is 6. The molecule has 1 unspecified atom stereocenters. The van der Waals surface area contributed by atoms with Crippen LogP contribution in [0, 0.1) is 0 Å². The second kappa shape index (κ2) is 13.5. The first-order valence-electron chi connectivity index (χ1n) is 13.7. The van der Waals surface area contributed by atoms with Crippen LogP contribution in [-0.2, 0) is 30.1 Å². The van der Waals surface area contributed by atoms with Gasteiger partial charge < -0.3 is 15.5 Å². The third kappa shape index (κ3) is 8.50. The van der Waals surface area contributed by atoms with E-state index in [9.17, 15) is 31.1 Å². The molecule has 0 spiro atoms. The minimum atomic E-state index is -4.94. The molecule has 43 heavy (non-hydrogen) atoms. The molecular formula is C31H33F6N5O. The van der Waals surface area contributed by atoms with Crippen molar-refractivity contribution in [1.82, 2.24) is 14.7 Å². The highest BCUT2D eigenvalue weighted by molar-refractivity contribution is 5.83. The Balaban J connectivity index is 1.45. The molecule has 0 saturated carbocycles. The number of likely N-dealkylation sites (N-methyl/N-ethyl adjacent to an activating group) is 1. The number of carbonyl (C=O) groups excluding carboxylic acids is 1. The predicted octanol–water partition coefficient (Wildman–Crippen LogP) is 5.60. The Morgan fingerprint density at radius 2 is 1.37 bits per heavy atom. The maximum absolute atomic E-state index is 13.8. The Kier molecular flexibility index (Phi) is 10.0. The molecule has 1 atom stereocenters. The maximum atomic E-state index is 13.8. The first-order chi connectivity index (χ1) is 20.3. The highest BCUT2D eigenvalue weighted by atomic mass is 19.4. The summed E-state index contributed by atoms with van der Waals surface area (Å²) in [5, 5.41) is 0. The largest absolute Gasteiger partial charge is 0.416 e. The molecule has 1 amide bonds. The monoisotopic (exact) mass is 605 g/mol. The molecule has 0 aromatic heterocycles. The van der Waals surface area contributed by atoms with Crippen LogP contribution in [-0.4, -0.2) is 66.3 Å². The Bertz CT molecular complexity index is 1360. The number of hydrogen-bond donors (Lipinski definition) is 1. The van der Waals surface area contributed by atoms with E-state index in [1.54, 1.807) is 12.1 Å². The molecule has 0 aliphatic carbocycles. The highest BCUT2D eigenvalue weighted by Crippen LogP contribution is 2.36. The number of nitrogens with zero attached hydrogens (tertiary/aromatic N) is 4. The fourth-order valence-corrected chi connectivity index (χ4v) is 4.99. The van der Waals surface area contributed by atoms with Crippen molar-refractivity contribution in [2.24, 2.45) is 10.7 Å². The zero-order chi connectivity index (χ0) is 31.2. The predicted molar refractivity (Wildman–Crippen MR) is 152 cm³/mol. The lowest BCUT2D eigenvalue weighted by Gasteiger charge is -2.40. The molecule has 12 heteroatoms. The Morgan fingerprint density at radius 1 is 0.837 bits per heavy atom. The molecule has 230 valence electrons. The molecule has 1 aliphatic heterocycles. The van der Waals surface area contributed by atoms with Gasteiger partial charge in [0.2, 0.25) is 5.91 Å². The van der Waals surface area contributed by atoms with Crippen molar-refractivity contribution in [2.45, 2.75) is 31.4 Å². The summed E-state index contributed by atoms with van der Waals surface area (Å²) < 4.78 is 79.8. The lowest BCUT2D eigenvalue weighted by atomic mass is 10.0. The molecular weight excluding hydrogens is 572 g/mol. The minimum absolute atomic E-state index is 0.0696. The smallest absolute Gasteiger partial charge is 0.370 e. The average molecular weight is 606 g/mol. The number of piperazine rings is 1. The lowest BCUT2D eigenvalue weighted by Crippen LogP contribution is -2.54. The van der Waals surface area contributed by atoms with E-state index in [1.165, 1.54) is 11.9 Å². The summed E-state index contributed by atoms with van der Waals surface area (Å²) in [6.07, 6.45) is -10.1. The summed E-state index contributed by atoms with van der Waals surface area (Å²) in [5.41, 5.74) is 5.10. The van der Waals surface area contributed by atoms with E-state index < -0.39 is 29.5 Å². The van der Waals surface area contributed by atoms with Gasteiger partial charge in [0, 0.05) is 39.8 Å². The zero-order valence-electron chi connectivity index (χ0n) is 23.6.